The third-order valence-corrected chi connectivity index (χ3v) is 4.12. The summed E-state index contributed by atoms with van der Waals surface area (Å²) in [7, 11) is 0. The van der Waals surface area contributed by atoms with Crippen LogP contribution in [0.3, 0.4) is 0 Å². The molecule has 0 fully saturated rings. The van der Waals surface area contributed by atoms with Crippen molar-refractivity contribution >= 4 is 11.0 Å². The van der Waals surface area contributed by atoms with Crippen molar-refractivity contribution in [3.63, 3.8) is 0 Å². The van der Waals surface area contributed by atoms with E-state index in [9.17, 15) is 0 Å². The monoisotopic (exact) mass is 248 g/mol. The van der Waals surface area contributed by atoms with Gasteiger partial charge >= 0.3 is 0 Å². The van der Waals surface area contributed by atoms with Gasteiger partial charge < -0.3 is 4.98 Å². The van der Waals surface area contributed by atoms with E-state index in [1.807, 2.05) is 0 Å². The van der Waals surface area contributed by atoms with Crippen molar-refractivity contribution in [3.8, 4) is 0 Å². The summed E-state index contributed by atoms with van der Waals surface area (Å²) in [5, 5.41) is 0. The third kappa shape index (κ3) is 1.53. The van der Waals surface area contributed by atoms with Crippen molar-refractivity contribution in [2.24, 2.45) is 0 Å². The maximum Gasteiger partial charge on any atom is 0.115 e. The molecule has 0 radical (unpaired) electrons. The van der Waals surface area contributed by atoms with Crippen LogP contribution in [0.4, 0.5) is 0 Å². The first-order valence-corrected chi connectivity index (χ1v) is 6.77. The first kappa shape index (κ1) is 10.8. The highest BCUT2D eigenvalue weighted by Crippen LogP contribution is 2.39. The Kier molecular flexibility index (Phi) is 2.10. The van der Waals surface area contributed by atoms with E-state index in [-0.39, 0.29) is 0 Å². The number of aromatic amines is 1. The predicted molar refractivity (Wildman–Crippen MR) is 77.6 cm³/mol. The van der Waals surface area contributed by atoms with Crippen LogP contribution in [0.5, 0.6) is 0 Å². The molecule has 2 nitrogen and oxygen atoms in total. The third-order valence-electron chi connectivity index (χ3n) is 4.12. The van der Waals surface area contributed by atoms with E-state index in [0.29, 0.717) is 5.92 Å². The number of H-pyrrole nitrogens is 1. The number of imidazole rings is 1. The molecular weight excluding hydrogens is 232 g/mol. The molecule has 0 saturated carbocycles. The first-order chi connectivity index (χ1) is 9.22. The molecule has 1 aromatic heterocycles. The van der Waals surface area contributed by atoms with Crippen LogP contribution >= 0.6 is 0 Å². The molecule has 0 aliphatic heterocycles. The maximum absolute atomic E-state index is 4.82. The molecule has 1 aliphatic carbocycles. The van der Waals surface area contributed by atoms with Gasteiger partial charge in [0.1, 0.15) is 5.82 Å². The SMILES string of the molecule is Cc1cc(C)c2nc(C3Cc4ccccc43)[nH]c2c1. The number of nitrogens with one attached hydrogen (secondary N) is 1. The zero-order valence-corrected chi connectivity index (χ0v) is 11.2. The van der Waals surface area contributed by atoms with E-state index in [4.69, 9.17) is 4.98 Å². The fourth-order valence-corrected chi connectivity index (χ4v) is 3.16. The number of hydrogen-bond donors (Lipinski definition) is 1. The number of aromatic nitrogens is 2. The molecule has 1 atom stereocenters. The molecule has 1 unspecified atom stereocenters. The second-order valence-electron chi connectivity index (χ2n) is 5.56. The summed E-state index contributed by atoms with van der Waals surface area (Å²) in [5.74, 6) is 1.56. The van der Waals surface area contributed by atoms with Gasteiger partial charge in [-0.3, -0.25) is 0 Å². The number of nitrogens with zero attached hydrogens (tertiary/aromatic N) is 1. The van der Waals surface area contributed by atoms with E-state index in [1.54, 1.807) is 0 Å². The van der Waals surface area contributed by atoms with Crippen molar-refractivity contribution in [1.29, 1.82) is 0 Å². The summed E-state index contributed by atoms with van der Waals surface area (Å²) in [5.41, 5.74) is 7.71. The molecule has 0 saturated heterocycles. The molecule has 4 rings (SSSR count). The summed E-state index contributed by atoms with van der Waals surface area (Å²) < 4.78 is 0. The van der Waals surface area contributed by atoms with Gasteiger partial charge in [-0.2, -0.15) is 0 Å². The quantitative estimate of drug-likeness (QED) is 0.696. The Labute approximate surface area is 112 Å². The Bertz CT molecular complexity index is 783. The lowest BCUT2D eigenvalue weighted by Crippen LogP contribution is -2.19. The molecule has 94 valence electrons. The van der Waals surface area contributed by atoms with Crippen LogP contribution in [-0.2, 0) is 6.42 Å². The zero-order chi connectivity index (χ0) is 13.0. The first-order valence-electron chi connectivity index (χ1n) is 6.77. The highest BCUT2D eigenvalue weighted by atomic mass is 14.9. The van der Waals surface area contributed by atoms with Crippen LogP contribution in [-0.4, -0.2) is 9.97 Å². The highest BCUT2D eigenvalue weighted by molar-refractivity contribution is 5.79. The highest BCUT2D eigenvalue weighted by Gasteiger charge is 2.29. The van der Waals surface area contributed by atoms with Gasteiger partial charge in [0, 0.05) is 5.92 Å². The summed E-state index contributed by atoms with van der Waals surface area (Å²) in [6.45, 7) is 4.26. The van der Waals surface area contributed by atoms with Gasteiger partial charge in [0.15, 0.2) is 0 Å². The van der Waals surface area contributed by atoms with E-state index < -0.39 is 0 Å². The van der Waals surface area contributed by atoms with Crippen molar-refractivity contribution in [2.75, 3.05) is 0 Å². The van der Waals surface area contributed by atoms with Crippen LogP contribution in [0.15, 0.2) is 36.4 Å². The van der Waals surface area contributed by atoms with Crippen molar-refractivity contribution in [2.45, 2.75) is 26.2 Å². The molecule has 0 bridgehead atoms. The minimum atomic E-state index is 0.448. The van der Waals surface area contributed by atoms with Crippen LogP contribution in [0.2, 0.25) is 0 Å². The summed E-state index contributed by atoms with van der Waals surface area (Å²) in [6, 6.07) is 13.0. The lowest BCUT2D eigenvalue weighted by atomic mass is 9.77. The van der Waals surface area contributed by atoms with Gasteiger partial charge in [-0.15, -0.1) is 0 Å². The van der Waals surface area contributed by atoms with Crippen molar-refractivity contribution < 1.29 is 0 Å². The van der Waals surface area contributed by atoms with Crippen molar-refractivity contribution in [1.82, 2.24) is 9.97 Å². The molecule has 19 heavy (non-hydrogen) atoms. The van der Waals surface area contributed by atoms with Crippen molar-refractivity contribution in [3.05, 3.63) is 64.5 Å². The Morgan fingerprint density at radius 3 is 2.84 bits per heavy atom. The Hall–Kier alpha value is -2.09. The van der Waals surface area contributed by atoms with Gasteiger partial charge in [-0.05, 0) is 48.6 Å². The summed E-state index contributed by atoms with van der Waals surface area (Å²) >= 11 is 0. The number of rotatable bonds is 1. The summed E-state index contributed by atoms with van der Waals surface area (Å²) in [4.78, 5) is 8.33. The fraction of sp³-hybridized carbons (Fsp3) is 0.235. The Balaban J connectivity index is 1.84. The fourth-order valence-electron chi connectivity index (χ4n) is 3.16. The van der Waals surface area contributed by atoms with Gasteiger partial charge in [0.2, 0.25) is 0 Å². The second kappa shape index (κ2) is 3.70. The second-order valence-corrected chi connectivity index (χ2v) is 5.56. The number of hydrogen-bond acceptors (Lipinski definition) is 1. The predicted octanol–water partition coefficient (Wildman–Crippen LogP) is 3.87. The van der Waals surface area contributed by atoms with E-state index in [1.165, 1.54) is 22.3 Å². The molecule has 2 aromatic carbocycles. The van der Waals surface area contributed by atoms with E-state index in [0.717, 1.165) is 23.3 Å². The lowest BCUT2D eigenvalue weighted by molar-refractivity contribution is 0.671. The normalized spacial score (nSPS) is 17.3. The Morgan fingerprint density at radius 2 is 2.00 bits per heavy atom. The van der Waals surface area contributed by atoms with Gasteiger partial charge in [0.25, 0.3) is 0 Å². The average molecular weight is 248 g/mol. The molecule has 0 amide bonds. The van der Waals surface area contributed by atoms with Gasteiger partial charge in [-0.25, -0.2) is 4.98 Å². The average Bonchev–Trinajstić information content (AvgIpc) is 2.74. The number of benzene rings is 2. The van der Waals surface area contributed by atoms with E-state index >= 15 is 0 Å². The zero-order valence-electron chi connectivity index (χ0n) is 11.2. The van der Waals surface area contributed by atoms with Crippen LogP contribution < -0.4 is 0 Å². The number of fused-ring (bicyclic) bond motifs is 2. The molecule has 2 heteroatoms. The van der Waals surface area contributed by atoms with Crippen LogP contribution in [0, 0.1) is 13.8 Å². The van der Waals surface area contributed by atoms with Crippen LogP contribution in [0.25, 0.3) is 11.0 Å². The van der Waals surface area contributed by atoms with E-state index in [2.05, 4.69) is 55.2 Å². The van der Waals surface area contributed by atoms with Gasteiger partial charge in [-0.1, -0.05) is 30.3 Å². The molecule has 1 aliphatic rings. The molecule has 0 spiro atoms. The van der Waals surface area contributed by atoms with Gasteiger partial charge in [0.05, 0.1) is 11.0 Å². The standard InChI is InChI=1S/C17H16N2/c1-10-7-11(2)16-15(8-10)18-17(19-16)14-9-12-5-3-4-6-13(12)14/h3-8,14H,9H2,1-2H3,(H,18,19). The molecule has 3 aromatic rings. The van der Waals surface area contributed by atoms with Crippen LogP contribution in [0.1, 0.15) is 34.0 Å². The largest absolute Gasteiger partial charge is 0.341 e. The summed E-state index contributed by atoms with van der Waals surface area (Å²) in [6.07, 6.45) is 1.11. The maximum atomic E-state index is 4.82. The minimum absolute atomic E-state index is 0.448. The molecule has 1 heterocycles. The number of aryl methyl sites for hydroxylation is 2. The Morgan fingerprint density at radius 1 is 1.16 bits per heavy atom. The molecule has 1 N–H and O–H groups in total. The minimum Gasteiger partial charge on any atom is -0.341 e. The molecular formula is C17H16N2. The lowest BCUT2D eigenvalue weighted by Gasteiger charge is -2.28. The smallest absolute Gasteiger partial charge is 0.115 e. The topological polar surface area (TPSA) is 28.7 Å².